The van der Waals surface area contributed by atoms with Crippen molar-refractivity contribution in [3.63, 3.8) is 0 Å². The average Bonchev–Trinajstić information content (AvgIpc) is 3.45. The van der Waals surface area contributed by atoms with Crippen molar-refractivity contribution < 1.29 is 33.4 Å². The van der Waals surface area contributed by atoms with E-state index in [1.54, 1.807) is 11.0 Å². The van der Waals surface area contributed by atoms with Gasteiger partial charge in [0, 0.05) is 45.8 Å². The van der Waals surface area contributed by atoms with Gasteiger partial charge in [-0.05, 0) is 49.1 Å². The number of ketones is 1. The van der Waals surface area contributed by atoms with Crippen LogP contribution in [0.4, 0.5) is 15.8 Å². The summed E-state index contributed by atoms with van der Waals surface area (Å²) in [4.78, 5) is 65.8. The van der Waals surface area contributed by atoms with Gasteiger partial charge in [0.05, 0.1) is 40.1 Å². The minimum atomic E-state index is -1.87. The molecule has 1 spiro atoms. The molecule has 0 aromatic heterocycles. The molecule has 252 valence electrons. The van der Waals surface area contributed by atoms with Crippen LogP contribution in [0, 0.1) is 32.0 Å². The number of halogens is 3. The predicted molar refractivity (Wildman–Crippen MR) is 175 cm³/mol. The molecule has 2 heterocycles. The summed E-state index contributed by atoms with van der Waals surface area (Å²) in [5.74, 6) is -4.76. The SMILES string of the molecule is C.COC(=O)c1ccc(C(=O)C[C@H]2[C@@H]([N+](=O)[O-])[C@H](c3cccc(Cl)c3F)[C@]3(C(=O)Nc4cc(Cl)ccc43)N2CC2CCC2)c([N+](=O)[O-])c1. The highest BCUT2D eigenvalue weighted by Crippen LogP contribution is 2.59. The largest absolute Gasteiger partial charge is 0.465 e. The minimum Gasteiger partial charge on any atom is -0.465 e. The number of hydrogen-bond acceptors (Lipinski definition) is 9. The first-order valence-electron chi connectivity index (χ1n) is 14.8. The van der Waals surface area contributed by atoms with Crippen LogP contribution in [-0.2, 0) is 15.1 Å². The van der Waals surface area contributed by atoms with Crippen LogP contribution < -0.4 is 5.32 Å². The molecule has 3 aromatic carbocycles. The number of carbonyl (C=O) groups excluding carboxylic acids is 3. The van der Waals surface area contributed by atoms with Gasteiger partial charge in [-0.25, -0.2) is 9.18 Å². The van der Waals surface area contributed by atoms with Crippen LogP contribution in [0.5, 0.6) is 0 Å². The molecule has 48 heavy (non-hydrogen) atoms. The fourth-order valence-electron chi connectivity index (χ4n) is 7.34. The number of nitro benzene ring substituents is 1. The third-order valence-corrected chi connectivity index (χ3v) is 10.1. The number of amides is 1. The Morgan fingerprint density at radius 1 is 1.10 bits per heavy atom. The smallest absolute Gasteiger partial charge is 0.338 e. The Kier molecular flexibility index (Phi) is 9.60. The minimum absolute atomic E-state index is 0. The first kappa shape index (κ1) is 34.9. The van der Waals surface area contributed by atoms with Gasteiger partial charge in [0.25, 0.3) is 11.6 Å². The maximum absolute atomic E-state index is 16.0. The number of nitrogens with one attached hydrogen (secondary N) is 1. The molecule has 1 saturated carbocycles. The van der Waals surface area contributed by atoms with E-state index in [1.807, 2.05) is 0 Å². The zero-order valence-electron chi connectivity index (χ0n) is 24.8. The van der Waals surface area contributed by atoms with E-state index >= 15 is 4.39 Å². The number of esters is 1. The molecule has 4 atom stereocenters. The first-order valence-corrected chi connectivity index (χ1v) is 15.5. The maximum atomic E-state index is 16.0. The number of nitrogens with zero attached hydrogens (tertiary/aromatic N) is 3. The van der Waals surface area contributed by atoms with E-state index in [9.17, 15) is 34.6 Å². The van der Waals surface area contributed by atoms with Crippen molar-refractivity contribution in [3.8, 4) is 0 Å². The Bertz CT molecular complexity index is 1850. The maximum Gasteiger partial charge on any atom is 0.338 e. The van der Waals surface area contributed by atoms with Gasteiger partial charge in [-0.1, -0.05) is 55.2 Å². The standard InChI is InChI=1S/C32H27Cl2FN4O8.CH4/c1-47-30(41)17-8-10-19(24(12-17)38(43)44)26(40)14-25-29(39(45)46)27(20-6-3-7-22(34)28(20)35)32(37(25)15-16-4-2-5-16)21-11-9-18(33)13-23(21)36-31(32)42;/h3,6-13,16,25,27,29H,2,4-5,14-15H2,1H3,(H,36,42);1H4/t25-,27-,29+,32+;/m0./s1. The van der Waals surface area contributed by atoms with Crippen molar-refractivity contribution in [1.29, 1.82) is 0 Å². The zero-order valence-corrected chi connectivity index (χ0v) is 26.3. The summed E-state index contributed by atoms with van der Waals surface area (Å²) >= 11 is 12.5. The fourth-order valence-corrected chi connectivity index (χ4v) is 7.69. The van der Waals surface area contributed by atoms with Crippen LogP contribution in [0.25, 0.3) is 0 Å². The third kappa shape index (κ3) is 5.49. The van der Waals surface area contributed by atoms with E-state index in [4.69, 9.17) is 23.2 Å². The molecule has 0 radical (unpaired) electrons. The van der Waals surface area contributed by atoms with Gasteiger partial charge < -0.3 is 10.1 Å². The summed E-state index contributed by atoms with van der Waals surface area (Å²) in [6.45, 7) is 0.153. The molecule has 2 aliphatic heterocycles. The Labute approximate surface area is 284 Å². The summed E-state index contributed by atoms with van der Waals surface area (Å²) in [6.07, 6.45) is 1.80. The fraction of sp³-hybridized carbons (Fsp3) is 0.364. The first-order chi connectivity index (χ1) is 22.4. The highest BCUT2D eigenvalue weighted by molar-refractivity contribution is 6.31. The van der Waals surface area contributed by atoms with Crippen LogP contribution in [0.15, 0.2) is 54.6 Å². The van der Waals surface area contributed by atoms with Crippen LogP contribution in [0.1, 0.15) is 70.9 Å². The number of anilines is 1. The van der Waals surface area contributed by atoms with Gasteiger partial charge >= 0.3 is 5.97 Å². The molecule has 0 bridgehead atoms. The number of ether oxygens (including phenoxy) is 1. The summed E-state index contributed by atoms with van der Waals surface area (Å²) in [6, 6.07) is 8.78. The lowest BCUT2D eigenvalue weighted by Crippen LogP contribution is -2.54. The lowest BCUT2D eigenvalue weighted by atomic mass is 9.73. The molecule has 1 N–H and O–H groups in total. The van der Waals surface area contributed by atoms with Crippen molar-refractivity contribution in [3.05, 3.63) is 113 Å². The molecule has 1 aliphatic carbocycles. The molecular weight excluding hydrogens is 670 g/mol. The van der Waals surface area contributed by atoms with Crippen molar-refractivity contribution in [2.45, 2.75) is 56.7 Å². The van der Waals surface area contributed by atoms with Crippen LogP contribution in [0.3, 0.4) is 0 Å². The van der Waals surface area contributed by atoms with Crippen molar-refractivity contribution >= 4 is 52.2 Å². The van der Waals surface area contributed by atoms with Gasteiger partial charge in [-0.15, -0.1) is 0 Å². The summed E-state index contributed by atoms with van der Waals surface area (Å²) in [7, 11) is 1.10. The molecule has 15 heteroatoms. The van der Waals surface area contributed by atoms with Gasteiger partial charge in [0.1, 0.15) is 11.4 Å². The quantitative estimate of drug-likeness (QED) is 0.109. The average molecular weight is 702 g/mol. The molecule has 6 rings (SSSR count). The van der Waals surface area contributed by atoms with Crippen LogP contribution in [0.2, 0.25) is 10.0 Å². The summed E-state index contributed by atoms with van der Waals surface area (Å²) in [5, 5.41) is 28.0. The number of hydrogen-bond donors (Lipinski definition) is 1. The topological polar surface area (TPSA) is 162 Å². The number of benzene rings is 3. The predicted octanol–water partition coefficient (Wildman–Crippen LogP) is 6.80. The van der Waals surface area contributed by atoms with Crippen molar-refractivity contribution in [2.75, 3.05) is 19.0 Å². The lowest BCUT2D eigenvalue weighted by Gasteiger charge is -2.42. The van der Waals surface area contributed by atoms with E-state index in [1.165, 1.54) is 36.4 Å². The van der Waals surface area contributed by atoms with Crippen molar-refractivity contribution in [2.24, 2.45) is 5.92 Å². The van der Waals surface area contributed by atoms with E-state index in [0.29, 0.717) is 5.56 Å². The van der Waals surface area contributed by atoms with E-state index in [0.717, 1.165) is 38.5 Å². The number of nitro groups is 2. The molecule has 3 aromatic rings. The zero-order chi connectivity index (χ0) is 33.8. The van der Waals surface area contributed by atoms with Crippen molar-refractivity contribution in [1.82, 2.24) is 4.90 Å². The number of methoxy groups -OCH3 is 1. The van der Waals surface area contributed by atoms with E-state index < -0.39 is 69.0 Å². The highest BCUT2D eigenvalue weighted by atomic mass is 35.5. The molecule has 2 fully saturated rings. The normalized spacial score (nSPS) is 23.2. The van der Waals surface area contributed by atoms with Crippen LogP contribution in [-0.4, -0.2) is 58.1 Å². The van der Waals surface area contributed by atoms with E-state index in [-0.39, 0.29) is 52.3 Å². The summed E-state index contributed by atoms with van der Waals surface area (Å²) in [5.41, 5.74) is -2.68. The number of carbonyl (C=O) groups is 3. The number of fused-ring (bicyclic) bond motifs is 2. The molecule has 1 amide bonds. The monoisotopic (exact) mass is 700 g/mol. The Morgan fingerprint density at radius 3 is 2.46 bits per heavy atom. The Balaban J connectivity index is 0.00000451. The lowest BCUT2D eigenvalue weighted by molar-refractivity contribution is -0.528. The molecule has 12 nitrogen and oxygen atoms in total. The number of Topliss-reactive ketones (excluding diaryl/α,β-unsaturated/α-hetero) is 1. The number of rotatable bonds is 9. The third-order valence-electron chi connectivity index (χ3n) is 9.58. The molecule has 0 unspecified atom stereocenters. The Hall–Kier alpha value is -4.46. The molecule has 3 aliphatic rings. The van der Waals surface area contributed by atoms with Gasteiger partial charge in [-0.3, -0.25) is 34.7 Å². The van der Waals surface area contributed by atoms with Crippen LogP contribution >= 0.6 is 23.2 Å². The van der Waals surface area contributed by atoms with Gasteiger partial charge in [0.2, 0.25) is 6.04 Å². The second kappa shape index (κ2) is 13.2. The summed E-state index contributed by atoms with van der Waals surface area (Å²) < 4.78 is 20.6. The van der Waals surface area contributed by atoms with Gasteiger partial charge in [-0.2, -0.15) is 0 Å². The highest BCUT2D eigenvalue weighted by Gasteiger charge is 2.71. The molecular formula is C33H31Cl2FN4O8. The number of likely N-dealkylation sites (tertiary alicyclic amines) is 1. The van der Waals surface area contributed by atoms with Gasteiger partial charge in [0.15, 0.2) is 5.78 Å². The Morgan fingerprint density at radius 2 is 1.83 bits per heavy atom. The molecule has 1 saturated heterocycles. The second-order valence-corrected chi connectivity index (χ2v) is 12.8. The van der Waals surface area contributed by atoms with E-state index in [2.05, 4.69) is 10.1 Å². The second-order valence-electron chi connectivity index (χ2n) is 11.9.